The van der Waals surface area contributed by atoms with Crippen molar-refractivity contribution < 1.29 is 13.9 Å². The normalized spacial score (nSPS) is 17.3. The number of fused-ring (bicyclic) bond motifs is 1. The maximum atomic E-state index is 6.21. The zero-order valence-electron chi connectivity index (χ0n) is 21.3. The van der Waals surface area contributed by atoms with E-state index in [1.54, 1.807) is 7.11 Å². The molecule has 0 N–H and O–H groups in total. The van der Waals surface area contributed by atoms with Gasteiger partial charge >= 0.3 is 0 Å². The molecular weight excluding hydrogens is 438 g/mol. The lowest BCUT2D eigenvalue weighted by Gasteiger charge is -2.24. The highest BCUT2D eigenvalue weighted by Gasteiger charge is 2.17. The first-order chi connectivity index (χ1) is 17.1. The van der Waals surface area contributed by atoms with Crippen LogP contribution in [0.3, 0.4) is 0 Å². The molecule has 0 saturated carbocycles. The molecule has 2 aliphatic rings. The third kappa shape index (κ3) is 5.71. The van der Waals surface area contributed by atoms with Crippen molar-refractivity contribution in [2.45, 2.75) is 39.0 Å². The Labute approximate surface area is 208 Å². The maximum absolute atomic E-state index is 6.21. The number of aromatic nitrogens is 1. The molecule has 186 valence electrons. The summed E-state index contributed by atoms with van der Waals surface area (Å²) in [5, 5.41) is 1.07. The van der Waals surface area contributed by atoms with Crippen LogP contribution in [0.2, 0.25) is 0 Å². The van der Waals surface area contributed by atoms with Gasteiger partial charge in [-0.3, -0.25) is 0 Å². The zero-order chi connectivity index (χ0) is 24.2. The molecule has 6 nitrogen and oxygen atoms in total. The fourth-order valence-corrected chi connectivity index (χ4v) is 5.10. The van der Waals surface area contributed by atoms with E-state index in [9.17, 15) is 0 Å². The number of nitrogens with zero attached hydrogens (tertiary/aromatic N) is 3. The first-order valence-corrected chi connectivity index (χ1v) is 12.9. The lowest BCUT2D eigenvalue weighted by molar-refractivity contribution is 0.254. The van der Waals surface area contributed by atoms with E-state index in [0.717, 1.165) is 84.1 Å². The lowest BCUT2D eigenvalue weighted by Crippen LogP contribution is -2.26. The summed E-state index contributed by atoms with van der Waals surface area (Å²) in [5.74, 6) is 3.18. The monoisotopic (exact) mass is 475 g/mol. The average Bonchev–Trinajstić information content (AvgIpc) is 3.54. The van der Waals surface area contributed by atoms with E-state index in [4.69, 9.17) is 18.9 Å². The van der Waals surface area contributed by atoms with Gasteiger partial charge in [0.05, 0.1) is 19.2 Å². The molecule has 35 heavy (non-hydrogen) atoms. The van der Waals surface area contributed by atoms with E-state index >= 15 is 0 Å². The number of methoxy groups -OCH3 is 1. The highest BCUT2D eigenvalue weighted by atomic mass is 16.5. The second kappa shape index (κ2) is 10.8. The van der Waals surface area contributed by atoms with E-state index in [1.807, 2.05) is 25.1 Å². The number of hydrogen-bond donors (Lipinski definition) is 0. The highest BCUT2D eigenvalue weighted by molar-refractivity contribution is 5.92. The molecular formula is C29H37N3O3. The van der Waals surface area contributed by atoms with Crippen molar-refractivity contribution in [3.8, 4) is 23.0 Å². The van der Waals surface area contributed by atoms with Crippen LogP contribution < -0.4 is 9.47 Å². The van der Waals surface area contributed by atoms with Crippen LogP contribution in [0.4, 0.5) is 0 Å². The SMILES string of the molecule is COc1cc2c(C=C3CCN(C)CC3)cc(-c3ccc(C)o3)nc2cc1OCCCN1CCCC1. The summed E-state index contributed by atoms with van der Waals surface area (Å²) in [6, 6.07) is 10.2. The summed E-state index contributed by atoms with van der Waals surface area (Å²) in [6.07, 6.45) is 8.16. The van der Waals surface area contributed by atoms with Gasteiger partial charge in [0, 0.05) is 31.1 Å². The molecule has 2 fully saturated rings. The summed E-state index contributed by atoms with van der Waals surface area (Å²) < 4.78 is 17.9. The predicted molar refractivity (Wildman–Crippen MR) is 141 cm³/mol. The van der Waals surface area contributed by atoms with Crippen molar-refractivity contribution in [1.29, 1.82) is 0 Å². The third-order valence-electron chi connectivity index (χ3n) is 7.18. The largest absolute Gasteiger partial charge is 0.493 e. The second-order valence-corrected chi connectivity index (χ2v) is 9.88. The number of pyridine rings is 1. The van der Waals surface area contributed by atoms with Crippen molar-refractivity contribution in [3.05, 3.63) is 47.2 Å². The number of likely N-dealkylation sites (tertiary alicyclic amines) is 2. The van der Waals surface area contributed by atoms with Crippen LogP contribution >= 0.6 is 0 Å². The van der Waals surface area contributed by atoms with Crippen LogP contribution in [0.25, 0.3) is 28.4 Å². The molecule has 0 aliphatic carbocycles. The van der Waals surface area contributed by atoms with Crippen LogP contribution in [0, 0.1) is 6.92 Å². The molecule has 0 unspecified atom stereocenters. The number of hydrogen-bond acceptors (Lipinski definition) is 6. The topological polar surface area (TPSA) is 51.0 Å². The minimum Gasteiger partial charge on any atom is -0.493 e. The molecule has 0 bridgehead atoms. The van der Waals surface area contributed by atoms with E-state index in [2.05, 4.69) is 35.1 Å². The Bertz CT molecular complexity index is 1180. The van der Waals surface area contributed by atoms with Crippen molar-refractivity contribution in [2.24, 2.45) is 0 Å². The van der Waals surface area contributed by atoms with Gasteiger partial charge in [-0.1, -0.05) is 11.6 Å². The zero-order valence-corrected chi connectivity index (χ0v) is 21.3. The summed E-state index contributed by atoms with van der Waals surface area (Å²) in [5.41, 5.74) is 4.36. The van der Waals surface area contributed by atoms with Gasteiger partial charge in [0.2, 0.25) is 0 Å². The summed E-state index contributed by atoms with van der Waals surface area (Å²) >= 11 is 0. The Morgan fingerprint density at radius 1 is 1.03 bits per heavy atom. The molecule has 2 aliphatic heterocycles. The first-order valence-electron chi connectivity index (χ1n) is 12.9. The highest BCUT2D eigenvalue weighted by Crippen LogP contribution is 2.36. The Morgan fingerprint density at radius 3 is 2.54 bits per heavy atom. The van der Waals surface area contributed by atoms with E-state index in [1.165, 1.54) is 31.5 Å². The Morgan fingerprint density at radius 2 is 1.83 bits per heavy atom. The maximum Gasteiger partial charge on any atom is 0.163 e. The third-order valence-corrected chi connectivity index (χ3v) is 7.18. The van der Waals surface area contributed by atoms with Gasteiger partial charge in [-0.05, 0) is 89.0 Å². The molecule has 4 heterocycles. The number of piperidine rings is 1. The van der Waals surface area contributed by atoms with Crippen molar-refractivity contribution in [3.63, 3.8) is 0 Å². The van der Waals surface area contributed by atoms with Gasteiger partial charge in [-0.2, -0.15) is 0 Å². The lowest BCUT2D eigenvalue weighted by atomic mass is 9.98. The van der Waals surface area contributed by atoms with Crippen LogP contribution in [0.1, 0.15) is 43.4 Å². The molecule has 2 aromatic heterocycles. The summed E-state index contributed by atoms with van der Waals surface area (Å²) in [4.78, 5) is 9.88. The van der Waals surface area contributed by atoms with Gasteiger partial charge < -0.3 is 23.7 Å². The quantitative estimate of drug-likeness (QED) is 0.385. The first kappa shape index (κ1) is 23.9. The number of benzene rings is 1. The minimum atomic E-state index is 0.667. The second-order valence-electron chi connectivity index (χ2n) is 9.88. The Balaban J connectivity index is 1.47. The molecule has 5 rings (SSSR count). The average molecular weight is 476 g/mol. The molecule has 0 amide bonds. The van der Waals surface area contributed by atoms with E-state index in [0.29, 0.717) is 6.61 Å². The van der Waals surface area contributed by atoms with Gasteiger partial charge in [-0.25, -0.2) is 4.98 Å². The minimum absolute atomic E-state index is 0.667. The van der Waals surface area contributed by atoms with Crippen molar-refractivity contribution in [1.82, 2.24) is 14.8 Å². The number of ether oxygens (including phenoxy) is 2. The molecule has 1 aromatic carbocycles. The van der Waals surface area contributed by atoms with Crippen LogP contribution in [0.5, 0.6) is 11.5 Å². The van der Waals surface area contributed by atoms with Gasteiger partial charge in [-0.15, -0.1) is 0 Å². The van der Waals surface area contributed by atoms with E-state index < -0.39 is 0 Å². The number of aryl methyl sites for hydroxylation is 1. The van der Waals surface area contributed by atoms with Crippen molar-refractivity contribution in [2.75, 3.05) is 53.5 Å². The summed E-state index contributed by atoms with van der Waals surface area (Å²) in [6.45, 7) is 8.34. The van der Waals surface area contributed by atoms with Gasteiger partial charge in [0.25, 0.3) is 0 Å². The standard InChI is InChI=1S/C29H37N3O3/c1-21-7-8-27(35-21)26-18-23(17-22-9-14-31(2)15-10-22)24-19-28(33-3)29(20-25(24)30-26)34-16-6-13-32-11-4-5-12-32/h7-8,17-20H,4-6,9-16H2,1-3H3. The fourth-order valence-electron chi connectivity index (χ4n) is 5.10. The number of rotatable bonds is 8. The molecule has 0 radical (unpaired) electrons. The van der Waals surface area contributed by atoms with Crippen LogP contribution in [-0.4, -0.2) is 68.3 Å². The molecule has 0 atom stereocenters. The van der Waals surface area contributed by atoms with Gasteiger partial charge in [0.1, 0.15) is 11.5 Å². The predicted octanol–water partition coefficient (Wildman–Crippen LogP) is 5.79. The molecule has 0 spiro atoms. The van der Waals surface area contributed by atoms with Crippen molar-refractivity contribution >= 4 is 17.0 Å². The summed E-state index contributed by atoms with van der Waals surface area (Å²) in [7, 11) is 3.90. The molecule has 3 aromatic rings. The molecule has 6 heteroatoms. The van der Waals surface area contributed by atoms with Gasteiger partial charge in [0.15, 0.2) is 17.3 Å². The van der Waals surface area contributed by atoms with Crippen LogP contribution in [0.15, 0.2) is 40.3 Å². The smallest absolute Gasteiger partial charge is 0.163 e. The number of furan rings is 1. The Hall–Kier alpha value is -2.83. The fraction of sp³-hybridized carbons (Fsp3) is 0.483. The molecule has 2 saturated heterocycles. The van der Waals surface area contributed by atoms with Crippen LogP contribution in [-0.2, 0) is 0 Å². The van der Waals surface area contributed by atoms with E-state index in [-0.39, 0.29) is 0 Å². The Kier molecular flexibility index (Phi) is 7.40.